The lowest BCUT2D eigenvalue weighted by Crippen LogP contribution is -2.13. The van der Waals surface area contributed by atoms with Gasteiger partial charge in [-0.05, 0) is 58.4 Å². The zero-order valence-corrected chi connectivity index (χ0v) is 12.9. The van der Waals surface area contributed by atoms with Gasteiger partial charge in [-0.1, -0.05) is 12.1 Å². The number of anilines is 1. The molecule has 1 N–H and O–H groups in total. The molecule has 0 radical (unpaired) electrons. The summed E-state index contributed by atoms with van der Waals surface area (Å²) in [5.74, 6) is -0.629. The summed E-state index contributed by atoms with van der Waals surface area (Å²) in [6.07, 6.45) is 1.65. The predicted octanol–water partition coefficient (Wildman–Crippen LogP) is 4.03. The first-order valence-corrected chi connectivity index (χ1v) is 7.30. The van der Waals surface area contributed by atoms with Gasteiger partial charge in [-0.2, -0.15) is 5.10 Å². The summed E-state index contributed by atoms with van der Waals surface area (Å²) in [5.41, 5.74) is 1.63. The molecule has 0 fully saturated rings. The fraction of sp³-hybridized carbons (Fsp3) is 0. The maximum absolute atomic E-state index is 12.9. The Hall–Kier alpha value is -2.47. The largest absolute Gasteiger partial charge is 0.320 e. The van der Waals surface area contributed by atoms with Crippen molar-refractivity contribution in [3.05, 3.63) is 76.8 Å². The van der Waals surface area contributed by atoms with Crippen molar-refractivity contribution >= 4 is 27.5 Å². The quantitative estimate of drug-likeness (QED) is 0.767. The number of benzene rings is 2. The molecule has 1 amide bonds. The number of hydrogen-bond donors (Lipinski definition) is 1. The lowest BCUT2D eigenvalue weighted by molar-refractivity contribution is 0.102. The van der Waals surface area contributed by atoms with Crippen LogP contribution in [-0.2, 0) is 0 Å². The van der Waals surface area contributed by atoms with Gasteiger partial charge in [0.2, 0.25) is 0 Å². The molecule has 3 rings (SSSR count). The Labute approximate surface area is 134 Å². The summed E-state index contributed by atoms with van der Waals surface area (Å²) in [7, 11) is 0. The van der Waals surface area contributed by atoms with Crippen molar-refractivity contribution in [1.29, 1.82) is 0 Å². The molecule has 3 aromatic rings. The summed E-state index contributed by atoms with van der Waals surface area (Å²) in [6, 6.07) is 14.8. The Kier molecular flexibility index (Phi) is 4.02. The van der Waals surface area contributed by atoms with Crippen LogP contribution in [0.1, 0.15) is 10.5 Å². The summed E-state index contributed by atoms with van der Waals surface area (Å²) in [5, 5.41) is 6.98. The van der Waals surface area contributed by atoms with Crippen LogP contribution >= 0.6 is 15.9 Å². The Morgan fingerprint density at radius 2 is 1.82 bits per heavy atom. The Bertz CT molecular complexity index is 814. The van der Waals surface area contributed by atoms with Crippen molar-refractivity contribution in [2.75, 3.05) is 5.32 Å². The molecule has 0 saturated carbocycles. The van der Waals surface area contributed by atoms with Crippen molar-refractivity contribution in [3.8, 4) is 5.69 Å². The summed E-state index contributed by atoms with van der Waals surface area (Å²) in [6.45, 7) is 0. The number of rotatable bonds is 3. The predicted molar refractivity (Wildman–Crippen MR) is 85.6 cm³/mol. The third kappa shape index (κ3) is 3.07. The molecule has 0 aliphatic heterocycles. The molecule has 0 atom stereocenters. The molecule has 2 aromatic carbocycles. The molecule has 4 nitrogen and oxygen atoms in total. The standard InChI is InChI=1S/C16H11BrFN3O/c17-13-3-1-2-4-14(13)19-16(22)15-9-10-21(20-15)12-7-5-11(18)6-8-12/h1-10H,(H,19,22). The fourth-order valence-electron chi connectivity index (χ4n) is 1.93. The summed E-state index contributed by atoms with van der Waals surface area (Å²) < 4.78 is 15.2. The Morgan fingerprint density at radius 1 is 1.09 bits per heavy atom. The molecule has 0 bridgehead atoms. The van der Waals surface area contributed by atoms with Crippen molar-refractivity contribution in [1.82, 2.24) is 9.78 Å². The minimum Gasteiger partial charge on any atom is -0.320 e. The SMILES string of the molecule is O=C(Nc1ccccc1Br)c1ccn(-c2ccc(F)cc2)n1. The second kappa shape index (κ2) is 6.11. The zero-order chi connectivity index (χ0) is 15.5. The average Bonchev–Trinajstić information content (AvgIpc) is 3.00. The lowest BCUT2D eigenvalue weighted by atomic mass is 10.3. The number of amides is 1. The number of nitrogens with one attached hydrogen (secondary N) is 1. The average molecular weight is 360 g/mol. The van der Waals surface area contributed by atoms with Gasteiger partial charge in [0.1, 0.15) is 5.82 Å². The molecule has 0 aliphatic carbocycles. The summed E-state index contributed by atoms with van der Waals surface area (Å²) in [4.78, 5) is 12.2. The highest BCUT2D eigenvalue weighted by Gasteiger charge is 2.11. The molecule has 110 valence electrons. The van der Waals surface area contributed by atoms with Gasteiger partial charge < -0.3 is 5.32 Å². The minimum atomic E-state index is -0.317. The van der Waals surface area contributed by atoms with E-state index in [1.54, 1.807) is 30.5 Å². The van der Waals surface area contributed by atoms with E-state index in [2.05, 4.69) is 26.3 Å². The number of para-hydroxylation sites is 1. The molecular weight excluding hydrogens is 349 g/mol. The van der Waals surface area contributed by atoms with Crippen molar-refractivity contribution in [3.63, 3.8) is 0 Å². The van der Waals surface area contributed by atoms with Crippen molar-refractivity contribution in [2.24, 2.45) is 0 Å². The normalized spacial score (nSPS) is 10.5. The van der Waals surface area contributed by atoms with E-state index in [1.807, 2.05) is 18.2 Å². The van der Waals surface area contributed by atoms with Gasteiger partial charge in [0.25, 0.3) is 5.91 Å². The molecule has 22 heavy (non-hydrogen) atoms. The van der Waals surface area contributed by atoms with Gasteiger partial charge in [0.15, 0.2) is 5.69 Å². The highest BCUT2D eigenvalue weighted by atomic mass is 79.9. The molecule has 1 aromatic heterocycles. The molecule has 6 heteroatoms. The maximum Gasteiger partial charge on any atom is 0.276 e. The fourth-order valence-corrected chi connectivity index (χ4v) is 2.32. The summed E-state index contributed by atoms with van der Waals surface area (Å²) >= 11 is 3.37. The topological polar surface area (TPSA) is 46.9 Å². The van der Waals surface area contributed by atoms with Gasteiger partial charge in [0.05, 0.1) is 11.4 Å². The first-order chi connectivity index (χ1) is 10.6. The molecule has 1 heterocycles. The van der Waals surface area contributed by atoms with E-state index in [0.29, 0.717) is 11.4 Å². The van der Waals surface area contributed by atoms with Gasteiger partial charge in [-0.3, -0.25) is 4.79 Å². The van der Waals surface area contributed by atoms with Crippen molar-refractivity contribution in [2.45, 2.75) is 0 Å². The second-order valence-electron chi connectivity index (χ2n) is 4.56. The Morgan fingerprint density at radius 3 is 2.55 bits per heavy atom. The first kappa shape index (κ1) is 14.5. The van der Waals surface area contributed by atoms with Gasteiger partial charge in [0, 0.05) is 10.7 Å². The van der Waals surface area contributed by atoms with Crippen LogP contribution in [0.2, 0.25) is 0 Å². The molecule has 0 unspecified atom stereocenters. The van der Waals surface area contributed by atoms with E-state index in [0.717, 1.165) is 4.47 Å². The number of carbonyl (C=O) groups is 1. The van der Waals surface area contributed by atoms with Crippen LogP contribution < -0.4 is 5.32 Å². The van der Waals surface area contributed by atoms with Crippen LogP contribution in [0.4, 0.5) is 10.1 Å². The number of halogens is 2. The third-order valence-electron chi connectivity index (χ3n) is 3.03. The van der Waals surface area contributed by atoms with Crippen LogP contribution in [0.5, 0.6) is 0 Å². The maximum atomic E-state index is 12.9. The van der Waals surface area contributed by atoms with Crippen LogP contribution in [0.3, 0.4) is 0 Å². The smallest absolute Gasteiger partial charge is 0.276 e. The number of carbonyl (C=O) groups excluding carboxylic acids is 1. The third-order valence-corrected chi connectivity index (χ3v) is 3.73. The van der Waals surface area contributed by atoms with E-state index >= 15 is 0 Å². The minimum absolute atomic E-state index is 0.278. The number of aromatic nitrogens is 2. The molecular formula is C16H11BrFN3O. The van der Waals surface area contributed by atoms with E-state index in [-0.39, 0.29) is 17.4 Å². The van der Waals surface area contributed by atoms with Gasteiger partial charge in [-0.25, -0.2) is 9.07 Å². The van der Waals surface area contributed by atoms with Gasteiger partial charge >= 0.3 is 0 Å². The Balaban J connectivity index is 1.80. The molecule has 0 spiro atoms. The monoisotopic (exact) mass is 359 g/mol. The molecule has 0 aliphatic rings. The van der Waals surface area contributed by atoms with Crippen LogP contribution in [0.25, 0.3) is 5.69 Å². The van der Waals surface area contributed by atoms with Crippen molar-refractivity contribution < 1.29 is 9.18 Å². The number of nitrogens with zero attached hydrogens (tertiary/aromatic N) is 2. The molecule has 0 saturated heterocycles. The van der Waals surface area contributed by atoms with Crippen LogP contribution in [-0.4, -0.2) is 15.7 Å². The van der Waals surface area contributed by atoms with Gasteiger partial charge in [-0.15, -0.1) is 0 Å². The van der Waals surface area contributed by atoms with E-state index in [9.17, 15) is 9.18 Å². The highest BCUT2D eigenvalue weighted by molar-refractivity contribution is 9.10. The first-order valence-electron chi connectivity index (χ1n) is 6.51. The van der Waals surface area contributed by atoms with Crippen LogP contribution in [0, 0.1) is 5.82 Å². The highest BCUT2D eigenvalue weighted by Crippen LogP contribution is 2.21. The van der Waals surface area contributed by atoms with Crippen LogP contribution in [0.15, 0.2) is 65.3 Å². The van der Waals surface area contributed by atoms with E-state index in [1.165, 1.54) is 16.8 Å². The second-order valence-corrected chi connectivity index (χ2v) is 5.41. The number of hydrogen-bond acceptors (Lipinski definition) is 2. The zero-order valence-electron chi connectivity index (χ0n) is 11.3. The lowest BCUT2D eigenvalue weighted by Gasteiger charge is -2.05. The van der Waals surface area contributed by atoms with E-state index in [4.69, 9.17) is 0 Å². The van der Waals surface area contributed by atoms with E-state index < -0.39 is 0 Å².